The van der Waals surface area contributed by atoms with Gasteiger partial charge in [0.1, 0.15) is 4.75 Å². The second-order valence-electron chi connectivity index (χ2n) is 14.0. The van der Waals surface area contributed by atoms with Crippen LogP contribution < -0.4 is 5.32 Å². The van der Waals surface area contributed by atoms with Gasteiger partial charge in [0.15, 0.2) is 4.34 Å². The van der Waals surface area contributed by atoms with Crippen LogP contribution in [-0.2, 0) is 16.1 Å². The van der Waals surface area contributed by atoms with Gasteiger partial charge in [0.25, 0.3) is 0 Å². The van der Waals surface area contributed by atoms with Crippen molar-refractivity contribution in [1.82, 2.24) is 20.3 Å². The number of urea groups is 1. The van der Waals surface area contributed by atoms with Crippen molar-refractivity contribution in [3.63, 3.8) is 0 Å². The van der Waals surface area contributed by atoms with E-state index in [4.69, 9.17) is 9.82 Å². The molecular formula is C35H60N4O3S2. The van der Waals surface area contributed by atoms with E-state index in [1.54, 1.807) is 11.3 Å². The quantitative estimate of drug-likeness (QED) is 0.109. The number of nitrogens with zero attached hydrogens (tertiary/aromatic N) is 3. The number of thioether (sulfide) groups is 1. The van der Waals surface area contributed by atoms with E-state index in [-0.39, 0.29) is 12.0 Å². The minimum absolute atomic E-state index is 0.0848. The summed E-state index contributed by atoms with van der Waals surface area (Å²) in [5.74, 6) is -0.163. The van der Waals surface area contributed by atoms with Crippen LogP contribution in [0.5, 0.6) is 0 Å². The zero-order valence-electron chi connectivity index (χ0n) is 28.0. The van der Waals surface area contributed by atoms with E-state index in [1.165, 1.54) is 95.2 Å². The summed E-state index contributed by atoms with van der Waals surface area (Å²) >= 11 is 3.10. The molecule has 2 amide bonds. The van der Waals surface area contributed by atoms with E-state index in [9.17, 15) is 9.59 Å². The molecule has 1 aromatic heterocycles. The normalized spacial score (nSPS) is 19.3. The Kier molecular flexibility index (Phi) is 15.1. The van der Waals surface area contributed by atoms with Crippen LogP contribution in [0.15, 0.2) is 9.72 Å². The number of aromatic nitrogens is 1. The van der Waals surface area contributed by atoms with Gasteiger partial charge < -0.3 is 15.1 Å². The molecule has 0 radical (unpaired) electrons. The van der Waals surface area contributed by atoms with Crippen LogP contribution in [0.2, 0.25) is 0 Å². The van der Waals surface area contributed by atoms with Gasteiger partial charge in [-0.05, 0) is 58.8 Å². The molecule has 1 aromatic rings. The van der Waals surface area contributed by atoms with Crippen molar-refractivity contribution in [2.45, 2.75) is 183 Å². The molecule has 1 heterocycles. The fourth-order valence-electron chi connectivity index (χ4n) is 7.02. The minimum Gasteiger partial charge on any atom is -0.366 e. The number of hydroxylamine groups is 2. The highest BCUT2D eigenvalue weighted by Gasteiger charge is 2.38. The van der Waals surface area contributed by atoms with Gasteiger partial charge in [-0.15, -0.1) is 16.4 Å². The van der Waals surface area contributed by atoms with Crippen LogP contribution in [-0.4, -0.2) is 62.9 Å². The number of hydrogen-bond acceptors (Lipinski definition) is 7. The van der Waals surface area contributed by atoms with E-state index in [0.717, 1.165) is 67.9 Å². The Bertz CT molecular complexity index is 966. The van der Waals surface area contributed by atoms with Gasteiger partial charge in [-0.1, -0.05) is 102 Å². The minimum atomic E-state index is -0.735. The van der Waals surface area contributed by atoms with Gasteiger partial charge in [-0.3, -0.25) is 0 Å². The first-order valence-corrected chi connectivity index (χ1v) is 19.7. The Labute approximate surface area is 276 Å². The number of carbonyl (C=O) groups is 2. The van der Waals surface area contributed by atoms with Crippen LogP contribution >= 0.6 is 23.1 Å². The lowest BCUT2D eigenvalue weighted by atomic mass is 9.90. The number of amides is 2. The standard InChI is InChI=1S/C35H60N4O3S2/c1-4-5-6-7-17-25-38(33(41)36-28-18-11-8-12-19-28)26-24-29-27-43-34(37-29)44-35(2,3)32(40)42-39(30-20-13-9-14-21-30)31-22-15-10-16-23-31/h27-28,30-31H,4-26H2,1-3H3,(H,36,41). The second kappa shape index (κ2) is 18.7. The van der Waals surface area contributed by atoms with Crippen molar-refractivity contribution >= 4 is 35.1 Å². The third kappa shape index (κ3) is 11.5. The summed E-state index contributed by atoms with van der Waals surface area (Å²) in [5.41, 5.74) is 0.995. The molecule has 7 nitrogen and oxygen atoms in total. The first kappa shape index (κ1) is 35.5. The number of nitrogens with one attached hydrogen (secondary N) is 1. The van der Waals surface area contributed by atoms with Crippen molar-refractivity contribution < 1.29 is 14.4 Å². The molecule has 3 aliphatic carbocycles. The van der Waals surface area contributed by atoms with E-state index < -0.39 is 4.75 Å². The van der Waals surface area contributed by atoms with E-state index in [0.29, 0.717) is 24.7 Å². The zero-order chi connectivity index (χ0) is 31.2. The molecule has 44 heavy (non-hydrogen) atoms. The number of hydrogen-bond donors (Lipinski definition) is 1. The number of unbranched alkanes of at least 4 members (excludes halogenated alkanes) is 4. The molecule has 9 heteroatoms. The van der Waals surface area contributed by atoms with Crippen LogP contribution in [0.1, 0.15) is 155 Å². The highest BCUT2D eigenvalue weighted by molar-refractivity contribution is 8.03. The molecule has 0 aliphatic heterocycles. The number of rotatable bonds is 16. The molecule has 3 aliphatic rings. The third-order valence-corrected chi connectivity index (χ3v) is 12.0. The monoisotopic (exact) mass is 648 g/mol. The average molecular weight is 649 g/mol. The van der Waals surface area contributed by atoms with Crippen LogP contribution in [0, 0.1) is 0 Å². The van der Waals surface area contributed by atoms with Gasteiger partial charge >= 0.3 is 12.0 Å². The lowest BCUT2D eigenvalue weighted by Gasteiger charge is -2.40. The fraction of sp³-hybridized carbons (Fsp3) is 0.857. The maximum atomic E-state index is 13.6. The molecule has 0 saturated heterocycles. The topological polar surface area (TPSA) is 74.8 Å². The Balaban J connectivity index is 1.31. The van der Waals surface area contributed by atoms with Crippen molar-refractivity contribution in [1.29, 1.82) is 0 Å². The summed E-state index contributed by atoms with van der Waals surface area (Å²) in [6, 6.07) is 1.11. The molecule has 4 rings (SSSR count). The lowest BCUT2D eigenvalue weighted by molar-refractivity contribution is -0.224. The van der Waals surface area contributed by atoms with Gasteiger partial charge in [0.2, 0.25) is 0 Å². The molecule has 0 atom stereocenters. The zero-order valence-corrected chi connectivity index (χ0v) is 29.6. The molecule has 0 unspecified atom stereocenters. The summed E-state index contributed by atoms with van der Waals surface area (Å²) in [6.07, 6.45) is 24.6. The van der Waals surface area contributed by atoms with E-state index in [1.807, 2.05) is 18.7 Å². The summed E-state index contributed by atoms with van der Waals surface area (Å²) in [4.78, 5) is 40.1. The van der Waals surface area contributed by atoms with Crippen LogP contribution in [0.4, 0.5) is 4.79 Å². The van der Waals surface area contributed by atoms with Crippen molar-refractivity contribution in [3.05, 3.63) is 11.1 Å². The lowest BCUT2D eigenvalue weighted by Crippen LogP contribution is -2.48. The molecule has 0 aromatic carbocycles. The Morgan fingerprint density at radius 2 is 1.48 bits per heavy atom. The molecular weight excluding hydrogens is 589 g/mol. The predicted octanol–water partition coefficient (Wildman–Crippen LogP) is 9.30. The van der Waals surface area contributed by atoms with E-state index in [2.05, 4.69) is 22.7 Å². The first-order chi connectivity index (χ1) is 21.4. The Morgan fingerprint density at radius 3 is 2.09 bits per heavy atom. The van der Waals surface area contributed by atoms with Crippen LogP contribution in [0.3, 0.4) is 0 Å². The molecule has 1 N–H and O–H groups in total. The van der Waals surface area contributed by atoms with Crippen molar-refractivity contribution in [2.75, 3.05) is 13.1 Å². The summed E-state index contributed by atoms with van der Waals surface area (Å²) in [6.45, 7) is 7.64. The maximum Gasteiger partial charge on any atom is 0.340 e. The number of thiazole rings is 1. The Hall–Kier alpha value is -1.32. The summed E-state index contributed by atoms with van der Waals surface area (Å²) in [7, 11) is 0. The van der Waals surface area contributed by atoms with E-state index >= 15 is 0 Å². The van der Waals surface area contributed by atoms with Gasteiger partial charge in [-0.25, -0.2) is 14.6 Å². The van der Waals surface area contributed by atoms with Gasteiger partial charge in [0.05, 0.1) is 5.69 Å². The fourth-order valence-corrected chi connectivity index (χ4v) is 9.28. The Morgan fingerprint density at radius 1 is 0.886 bits per heavy atom. The van der Waals surface area contributed by atoms with Crippen molar-refractivity contribution in [3.8, 4) is 0 Å². The second-order valence-corrected chi connectivity index (χ2v) is 16.7. The third-order valence-electron chi connectivity index (χ3n) is 9.81. The highest BCUT2D eigenvalue weighted by Crippen LogP contribution is 2.37. The highest BCUT2D eigenvalue weighted by atomic mass is 32.2. The van der Waals surface area contributed by atoms with Crippen LogP contribution in [0.25, 0.3) is 0 Å². The molecule has 0 bridgehead atoms. The summed E-state index contributed by atoms with van der Waals surface area (Å²) < 4.78 is 0.155. The largest absolute Gasteiger partial charge is 0.366 e. The van der Waals surface area contributed by atoms with Crippen molar-refractivity contribution in [2.24, 2.45) is 0 Å². The first-order valence-electron chi connectivity index (χ1n) is 18.1. The molecule has 3 saturated carbocycles. The molecule has 3 fully saturated rings. The van der Waals surface area contributed by atoms with Gasteiger partial charge in [-0.2, -0.15) is 0 Å². The smallest absolute Gasteiger partial charge is 0.340 e. The van der Waals surface area contributed by atoms with Gasteiger partial charge in [0, 0.05) is 43.0 Å². The average Bonchev–Trinajstić information content (AvgIpc) is 3.48. The SMILES string of the molecule is CCCCCCCN(CCc1csc(SC(C)(C)C(=O)ON(C2CCCCC2)C2CCCCC2)n1)C(=O)NC1CCCCC1. The maximum absolute atomic E-state index is 13.6. The predicted molar refractivity (Wildman–Crippen MR) is 183 cm³/mol. The summed E-state index contributed by atoms with van der Waals surface area (Å²) in [5, 5.41) is 7.55. The molecule has 0 spiro atoms. The molecule has 250 valence electrons. The number of carbonyl (C=O) groups excluding carboxylic acids is 2.